The van der Waals surface area contributed by atoms with Crippen LogP contribution in [0.3, 0.4) is 0 Å². The summed E-state index contributed by atoms with van der Waals surface area (Å²) in [6.07, 6.45) is 9.83. The highest BCUT2D eigenvalue weighted by Crippen LogP contribution is 2.35. The predicted molar refractivity (Wildman–Crippen MR) is 74.0 cm³/mol. The fourth-order valence-electron chi connectivity index (χ4n) is 3.43. The van der Waals surface area contributed by atoms with Gasteiger partial charge in [-0.05, 0) is 38.6 Å². The van der Waals surface area contributed by atoms with Gasteiger partial charge in [0.15, 0.2) is 0 Å². The molecule has 3 heteroatoms. The summed E-state index contributed by atoms with van der Waals surface area (Å²) in [5.41, 5.74) is 0.955. The van der Waals surface area contributed by atoms with E-state index in [1.165, 1.54) is 32.1 Å². The molecule has 0 aromatic rings. The van der Waals surface area contributed by atoms with Crippen molar-refractivity contribution in [2.75, 3.05) is 6.54 Å². The molecule has 0 spiro atoms. The van der Waals surface area contributed by atoms with Crippen LogP contribution in [-0.2, 0) is 4.79 Å². The van der Waals surface area contributed by atoms with Crippen molar-refractivity contribution in [3.05, 3.63) is 11.8 Å². The number of carbonyl (C=O) groups excluding carboxylic acids is 1. The highest BCUT2D eigenvalue weighted by molar-refractivity contribution is 5.83. The van der Waals surface area contributed by atoms with Gasteiger partial charge < -0.3 is 10.6 Å². The Morgan fingerprint density at radius 3 is 2.61 bits per heavy atom. The van der Waals surface area contributed by atoms with Gasteiger partial charge in [-0.25, -0.2) is 0 Å². The third-order valence-corrected chi connectivity index (χ3v) is 4.56. The van der Waals surface area contributed by atoms with Gasteiger partial charge in [0, 0.05) is 5.70 Å². The van der Waals surface area contributed by atoms with Crippen LogP contribution in [-0.4, -0.2) is 18.5 Å². The van der Waals surface area contributed by atoms with E-state index in [-0.39, 0.29) is 11.9 Å². The van der Waals surface area contributed by atoms with Crippen LogP contribution in [0.15, 0.2) is 11.8 Å². The first kappa shape index (κ1) is 13.6. The summed E-state index contributed by atoms with van der Waals surface area (Å²) < 4.78 is 0. The topological polar surface area (TPSA) is 41.1 Å². The van der Waals surface area contributed by atoms with Crippen LogP contribution < -0.4 is 10.6 Å². The highest BCUT2D eigenvalue weighted by Gasteiger charge is 2.37. The molecule has 102 valence electrons. The normalized spacial score (nSPS) is 30.4. The van der Waals surface area contributed by atoms with E-state index >= 15 is 0 Å². The molecule has 1 aliphatic carbocycles. The average Bonchev–Trinajstić information content (AvgIpc) is 2.88. The van der Waals surface area contributed by atoms with E-state index in [4.69, 9.17) is 0 Å². The molecule has 0 aromatic heterocycles. The summed E-state index contributed by atoms with van der Waals surface area (Å²) in [6.45, 7) is 4.90. The van der Waals surface area contributed by atoms with Gasteiger partial charge in [0.05, 0.1) is 6.04 Å². The zero-order valence-corrected chi connectivity index (χ0v) is 11.7. The van der Waals surface area contributed by atoms with Gasteiger partial charge in [-0.3, -0.25) is 4.79 Å². The first-order valence-electron chi connectivity index (χ1n) is 7.39. The Bertz CT molecular complexity index is 318. The van der Waals surface area contributed by atoms with Crippen LogP contribution in [0.1, 0.15) is 52.4 Å². The fourth-order valence-corrected chi connectivity index (χ4v) is 3.43. The zero-order chi connectivity index (χ0) is 13.0. The van der Waals surface area contributed by atoms with Crippen molar-refractivity contribution >= 4 is 5.91 Å². The Balaban J connectivity index is 1.95. The van der Waals surface area contributed by atoms with Crippen LogP contribution >= 0.6 is 0 Å². The molecule has 2 N–H and O–H groups in total. The number of allylic oxidation sites excluding steroid dienone is 2. The molecule has 1 saturated heterocycles. The number of carbonyl (C=O) groups is 1. The van der Waals surface area contributed by atoms with Gasteiger partial charge in [-0.1, -0.05) is 38.2 Å². The minimum absolute atomic E-state index is 0.0306. The van der Waals surface area contributed by atoms with Crippen molar-refractivity contribution in [1.82, 2.24) is 10.6 Å². The predicted octanol–water partition coefficient (Wildman–Crippen LogP) is 2.58. The molecule has 1 saturated carbocycles. The number of nitrogens with one attached hydrogen (secondary N) is 2. The molecule has 0 radical (unpaired) electrons. The summed E-state index contributed by atoms with van der Waals surface area (Å²) in [7, 11) is 0. The second kappa shape index (κ2) is 6.37. The molecule has 2 atom stereocenters. The fraction of sp³-hybridized carbons (Fsp3) is 0.800. The van der Waals surface area contributed by atoms with Crippen LogP contribution in [0, 0.1) is 11.8 Å². The van der Waals surface area contributed by atoms with Gasteiger partial charge in [-0.2, -0.15) is 0 Å². The lowest BCUT2D eigenvalue weighted by atomic mass is 9.76. The molecule has 1 heterocycles. The van der Waals surface area contributed by atoms with E-state index in [1.807, 2.05) is 19.9 Å². The molecule has 3 nitrogen and oxygen atoms in total. The van der Waals surface area contributed by atoms with Gasteiger partial charge >= 0.3 is 0 Å². The van der Waals surface area contributed by atoms with Crippen molar-refractivity contribution in [3.63, 3.8) is 0 Å². The summed E-state index contributed by atoms with van der Waals surface area (Å²) in [5.74, 6) is 1.48. The standard InChI is InChI=1S/C15H26N2O/c1-3-11(2)17-15(18)14-13(9-10-16-14)12-7-5-4-6-8-12/h3,12-14,16H,4-10H2,1-2H3,(H,17,18)/b11-3+/t13?,14-/m0/s1. The van der Waals surface area contributed by atoms with E-state index < -0.39 is 0 Å². The van der Waals surface area contributed by atoms with E-state index in [2.05, 4.69) is 10.6 Å². The Morgan fingerprint density at radius 2 is 1.94 bits per heavy atom. The van der Waals surface area contributed by atoms with Crippen LogP contribution in [0.5, 0.6) is 0 Å². The Kier molecular flexibility index (Phi) is 4.81. The Labute approximate surface area is 110 Å². The second-order valence-corrected chi connectivity index (χ2v) is 5.74. The van der Waals surface area contributed by atoms with Crippen molar-refractivity contribution in [2.24, 2.45) is 11.8 Å². The lowest BCUT2D eigenvalue weighted by Crippen LogP contribution is -2.45. The molecule has 2 fully saturated rings. The molecule has 1 unspecified atom stereocenters. The van der Waals surface area contributed by atoms with Gasteiger partial charge in [0.1, 0.15) is 0 Å². The minimum Gasteiger partial charge on any atom is -0.329 e. The third-order valence-electron chi connectivity index (χ3n) is 4.56. The lowest BCUT2D eigenvalue weighted by Gasteiger charge is -2.30. The summed E-state index contributed by atoms with van der Waals surface area (Å²) in [4.78, 5) is 12.3. The van der Waals surface area contributed by atoms with Crippen molar-refractivity contribution in [2.45, 2.75) is 58.4 Å². The first-order chi connectivity index (χ1) is 8.72. The van der Waals surface area contributed by atoms with Crippen molar-refractivity contribution in [1.29, 1.82) is 0 Å². The highest BCUT2D eigenvalue weighted by atomic mass is 16.2. The SMILES string of the molecule is C/C=C(\C)NC(=O)[C@H]1NCCC1C1CCCCC1. The van der Waals surface area contributed by atoms with Crippen LogP contribution in [0.2, 0.25) is 0 Å². The summed E-state index contributed by atoms with van der Waals surface area (Å²) >= 11 is 0. The van der Waals surface area contributed by atoms with E-state index in [9.17, 15) is 4.79 Å². The number of rotatable bonds is 3. The molecular formula is C15H26N2O. The van der Waals surface area contributed by atoms with Gasteiger partial charge in [0.25, 0.3) is 0 Å². The maximum absolute atomic E-state index is 12.3. The monoisotopic (exact) mass is 250 g/mol. The lowest BCUT2D eigenvalue weighted by molar-refractivity contribution is -0.123. The molecule has 1 amide bonds. The number of hydrogen-bond acceptors (Lipinski definition) is 2. The maximum Gasteiger partial charge on any atom is 0.241 e. The van der Waals surface area contributed by atoms with Crippen molar-refractivity contribution in [3.8, 4) is 0 Å². The second-order valence-electron chi connectivity index (χ2n) is 5.74. The van der Waals surface area contributed by atoms with Gasteiger partial charge in [0.2, 0.25) is 5.91 Å². The zero-order valence-electron chi connectivity index (χ0n) is 11.7. The molecular weight excluding hydrogens is 224 g/mol. The van der Waals surface area contributed by atoms with E-state index in [0.717, 1.165) is 24.6 Å². The van der Waals surface area contributed by atoms with E-state index in [1.54, 1.807) is 0 Å². The molecule has 18 heavy (non-hydrogen) atoms. The van der Waals surface area contributed by atoms with E-state index in [0.29, 0.717) is 5.92 Å². The molecule has 0 bridgehead atoms. The Morgan fingerprint density at radius 1 is 1.22 bits per heavy atom. The quantitative estimate of drug-likeness (QED) is 0.808. The molecule has 0 aromatic carbocycles. The third kappa shape index (κ3) is 3.14. The summed E-state index contributed by atoms with van der Waals surface area (Å²) in [6, 6.07) is 0.0306. The van der Waals surface area contributed by atoms with Crippen molar-refractivity contribution < 1.29 is 4.79 Å². The molecule has 2 aliphatic rings. The van der Waals surface area contributed by atoms with Crippen LogP contribution in [0.25, 0.3) is 0 Å². The van der Waals surface area contributed by atoms with Crippen LogP contribution in [0.4, 0.5) is 0 Å². The van der Waals surface area contributed by atoms with Gasteiger partial charge in [-0.15, -0.1) is 0 Å². The smallest absolute Gasteiger partial charge is 0.241 e. The number of amides is 1. The maximum atomic E-state index is 12.3. The molecule has 2 rings (SSSR count). The first-order valence-corrected chi connectivity index (χ1v) is 7.39. The number of hydrogen-bond donors (Lipinski definition) is 2. The summed E-state index contributed by atoms with van der Waals surface area (Å²) in [5, 5.41) is 6.39. The average molecular weight is 250 g/mol. The largest absolute Gasteiger partial charge is 0.329 e. The Hall–Kier alpha value is -0.830. The minimum atomic E-state index is 0.0306. The molecule has 1 aliphatic heterocycles.